The molecule has 0 spiro atoms. The average molecular weight is 341 g/mol. The van der Waals surface area contributed by atoms with Crippen molar-refractivity contribution in [2.45, 2.75) is 6.42 Å². The van der Waals surface area contributed by atoms with E-state index < -0.39 is 17.8 Å². The van der Waals surface area contributed by atoms with Crippen LogP contribution < -0.4 is 11.5 Å². The lowest BCUT2D eigenvalue weighted by Gasteiger charge is -2.03. The molecule has 5 N–H and O–H groups in total. The normalized spacial score (nSPS) is 11.0. The van der Waals surface area contributed by atoms with Gasteiger partial charge in [-0.1, -0.05) is 29.4 Å². The molecular formula is C17H15N3O5. The van der Waals surface area contributed by atoms with Gasteiger partial charge in [-0.05, 0) is 29.8 Å². The molecular weight excluding hydrogens is 326 g/mol. The summed E-state index contributed by atoms with van der Waals surface area (Å²) in [4.78, 5) is 38.4. The number of nitrogens with two attached hydrogens (primary N) is 2. The molecule has 0 unspecified atom stereocenters. The van der Waals surface area contributed by atoms with Crippen molar-refractivity contribution in [2.24, 2.45) is 16.6 Å². The first-order valence-corrected chi connectivity index (χ1v) is 7.12. The lowest BCUT2D eigenvalue weighted by Crippen LogP contribution is -2.17. The predicted octanol–water partition coefficient (Wildman–Crippen LogP) is 0.890. The number of carbonyl (C=O) groups is 3. The Bertz CT molecular complexity index is 844. The van der Waals surface area contributed by atoms with Crippen LogP contribution in [0.25, 0.3) is 0 Å². The molecule has 0 heterocycles. The van der Waals surface area contributed by atoms with E-state index in [1.54, 1.807) is 12.1 Å². The van der Waals surface area contributed by atoms with Gasteiger partial charge in [0, 0.05) is 11.1 Å². The lowest BCUT2D eigenvalue weighted by molar-refractivity contribution is -0.142. The minimum Gasteiger partial charge on any atom is -0.478 e. The highest BCUT2D eigenvalue weighted by atomic mass is 16.7. The van der Waals surface area contributed by atoms with Gasteiger partial charge in [-0.15, -0.1) is 0 Å². The number of amidine groups is 1. The van der Waals surface area contributed by atoms with Crippen molar-refractivity contribution in [1.29, 1.82) is 0 Å². The molecule has 0 aliphatic rings. The van der Waals surface area contributed by atoms with Gasteiger partial charge < -0.3 is 21.4 Å². The Kier molecular flexibility index (Phi) is 5.47. The number of carboxylic acids is 1. The maximum Gasteiger partial charge on any atom is 0.339 e. The van der Waals surface area contributed by atoms with E-state index in [4.69, 9.17) is 21.4 Å². The summed E-state index contributed by atoms with van der Waals surface area (Å²) in [7, 11) is 0. The molecule has 2 rings (SSSR count). The van der Waals surface area contributed by atoms with Gasteiger partial charge in [0.05, 0.1) is 12.0 Å². The summed E-state index contributed by atoms with van der Waals surface area (Å²) in [5.74, 6) is -2.42. The van der Waals surface area contributed by atoms with Crippen LogP contribution in [-0.4, -0.2) is 28.8 Å². The van der Waals surface area contributed by atoms with E-state index >= 15 is 0 Å². The third kappa shape index (κ3) is 4.90. The number of carboxylic acid groups (broad SMARTS) is 1. The monoisotopic (exact) mass is 341 g/mol. The van der Waals surface area contributed by atoms with Crippen molar-refractivity contribution in [1.82, 2.24) is 0 Å². The second-order valence-electron chi connectivity index (χ2n) is 5.06. The minimum atomic E-state index is -1.05. The molecule has 0 aliphatic heterocycles. The molecule has 8 heteroatoms. The Hall–Kier alpha value is -3.68. The zero-order chi connectivity index (χ0) is 18.4. The molecule has 0 aliphatic carbocycles. The molecule has 0 aromatic heterocycles. The van der Waals surface area contributed by atoms with E-state index in [2.05, 4.69) is 5.16 Å². The van der Waals surface area contributed by atoms with Gasteiger partial charge in [-0.2, -0.15) is 0 Å². The summed E-state index contributed by atoms with van der Waals surface area (Å²) < 4.78 is 0. The largest absolute Gasteiger partial charge is 0.478 e. The number of carbonyl (C=O) groups excluding carboxylic acids is 2. The van der Waals surface area contributed by atoms with Crippen molar-refractivity contribution >= 4 is 23.7 Å². The van der Waals surface area contributed by atoms with Crippen LogP contribution in [0.3, 0.4) is 0 Å². The Morgan fingerprint density at radius 1 is 0.960 bits per heavy atom. The van der Waals surface area contributed by atoms with Gasteiger partial charge in [0.2, 0.25) is 5.91 Å². The average Bonchev–Trinajstić information content (AvgIpc) is 2.60. The predicted molar refractivity (Wildman–Crippen MR) is 88.9 cm³/mol. The Balaban J connectivity index is 2.00. The molecule has 0 bridgehead atoms. The lowest BCUT2D eigenvalue weighted by atomic mass is 10.1. The third-order valence-corrected chi connectivity index (χ3v) is 3.24. The number of primary amides is 1. The zero-order valence-corrected chi connectivity index (χ0v) is 13.0. The van der Waals surface area contributed by atoms with Gasteiger partial charge in [-0.25, -0.2) is 9.59 Å². The van der Waals surface area contributed by atoms with Gasteiger partial charge >= 0.3 is 11.9 Å². The van der Waals surface area contributed by atoms with Gasteiger partial charge in [-0.3, -0.25) is 4.79 Å². The molecule has 25 heavy (non-hydrogen) atoms. The van der Waals surface area contributed by atoms with Crippen LogP contribution in [0.2, 0.25) is 0 Å². The number of amides is 1. The van der Waals surface area contributed by atoms with Crippen molar-refractivity contribution in [3.8, 4) is 0 Å². The zero-order valence-electron chi connectivity index (χ0n) is 13.0. The molecule has 0 radical (unpaired) electrons. The second-order valence-corrected chi connectivity index (χ2v) is 5.06. The first-order chi connectivity index (χ1) is 11.9. The van der Waals surface area contributed by atoms with Crippen LogP contribution in [0.15, 0.2) is 53.7 Å². The summed E-state index contributed by atoms with van der Waals surface area (Å²) in [5, 5.41) is 12.3. The second kappa shape index (κ2) is 7.73. The Morgan fingerprint density at radius 2 is 1.60 bits per heavy atom. The van der Waals surface area contributed by atoms with Crippen molar-refractivity contribution in [3.05, 3.63) is 70.8 Å². The smallest absolute Gasteiger partial charge is 0.339 e. The van der Waals surface area contributed by atoms with Crippen LogP contribution in [0.5, 0.6) is 0 Å². The fourth-order valence-corrected chi connectivity index (χ4v) is 1.95. The molecule has 8 nitrogen and oxygen atoms in total. The quantitative estimate of drug-likeness (QED) is 0.308. The molecule has 128 valence electrons. The summed E-state index contributed by atoms with van der Waals surface area (Å²) >= 11 is 0. The van der Waals surface area contributed by atoms with Gasteiger partial charge in [0.15, 0.2) is 5.84 Å². The van der Waals surface area contributed by atoms with Crippen LogP contribution in [0, 0.1) is 0 Å². The number of nitrogens with zero attached hydrogens (tertiary/aromatic N) is 1. The van der Waals surface area contributed by atoms with Crippen LogP contribution in [-0.2, 0) is 16.1 Å². The minimum absolute atomic E-state index is 0.0855. The Morgan fingerprint density at radius 3 is 2.20 bits per heavy atom. The van der Waals surface area contributed by atoms with E-state index in [1.807, 2.05) is 0 Å². The SMILES string of the molecule is NC(=O)c1cccc(/C(N)=N/OC(=O)Cc2ccc(C(=O)O)cc2)c1. The maximum absolute atomic E-state index is 11.8. The number of benzene rings is 2. The van der Waals surface area contributed by atoms with E-state index in [0.29, 0.717) is 11.1 Å². The highest BCUT2D eigenvalue weighted by molar-refractivity contribution is 6.01. The first kappa shape index (κ1) is 17.7. The summed E-state index contributed by atoms with van der Waals surface area (Å²) in [5.41, 5.74) is 12.2. The van der Waals surface area contributed by atoms with Crippen LogP contribution >= 0.6 is 0 Å². The number of hydrogen-bond donors (Lipinski definition) is 3. The fraction of sp³-hybridized carbons (Fsp3) is 0.0588. The summed E-state index contributed by atoms with van der Waals surface area (Å²) in [6.45, 7) is 0. The van der Waals surface area contributed by atoms with Crippen molar-refractivity contribution < 1.29 is 24.3 Å². The fourth-order valence-electron chi connectivity index (χ4n) is 1.95. The standard InChI is InChI=1S/C17H15N3O5/c18-15(12-2-1-3-13(9-12)16(19)22)20-25-14(21)8-10-4-6-11(7-5-10)17(23)24/h1-7,9H,8H2,(H2,18,20)(H2,19,22)(H,23,24). The Labute approximate surface area is 142 Å². The van der Waals surface area contributed by atoms with Gasteiger partial charge in [0.25, 0.3) is 0 Å². The maximum atomic E-state index is 11.8. The van der Waals surface area contributed by atoms with E-state index in [-0.39, 0.29) is 23.4 Å². The number of hydrogen-bond acceptors (Lipinski definition) is 5. The topological polar surface area (TPSA) is 145 Å². The summed E-state index contributed by atoms with van der Waals surface area (Å²) in [6.07, 6.45) is -0.0992. The highest BCUT2D eigenvalue weighted by Crippen LogP contribution is 2.07. The number of aromatic carboxylic acids is 1. The van der Waals surface area contributed by atoms with E-state index in [0.717, 1.165) is 0 Å². The molecule has 0 saturated heterocycles. The molecule has 2 aromatic carbocycles. The molecule has 2 aromatic rings. The third-order valence-electron chi connectivity index (χ3n) is 3.24. The van der Waals surface area contributed by atoms with Crippen LogP contribution in [0.4, 0.5) is 0 Å². The summed E-state index contributed by atoms with van der Waals surface area (Å²) in [6, 6.07) is 11.9. The van der Waals surface area contributed by atoms with E-state index in [9.17, 15) is 14.4 Å². The molecule has 0 atom stereocenters. The number of oxime groups is 1. The molecule has 0 saturated carbocycles. The van der Waals surface area contributed by atoms with Crippen molar-refractivity contribution in [2.75, 3.05) is 0 Å². The van der Waals surface area contributed by atoms with E-state index in [1.165, 1.54) is 36.4 Å². The van der Waals surface area contributed by atoms with Crippen molar-refractivity contribution in [3.63, 3.8) is 0 Å². The van der Waals surface area contributed by atoms with Crippen LogP contribution in [0.1, 0.15) is 31.8 Å². The molecule has 0 fully saturated rings. The molecule has 1 amide bonds. The number of rotatable bonds is 6. The highest BCUT2D eigenvalue weighted by Gasteiger charge is 2.09. The van der Waals surface area contributed by atoms with Gasteiger partial charge in [0.1, 0.15) is 0 Å². The first-order valence-electron chi connectivity index (χ1n) is 7.12.